The highest BCUT2D eigenvalue weighted by molar-refractivity contribution is 6.27. The Morgan fingerprint density at radius 2 is 2.43 bits per heavy atom. The Balaban J connectivity index is 2.36. The lowest BCUT2D eigenvalue weighted by Crippen LogP contribution is -2.33. The standard InChI is InChI=1S/C11H18ClNO/c1-8-3-4-10(9(2)5-8)7-13-11(14)6-12/h5,9-10H,3-4,6-7H2,1-2H3,(H,13,14). The summed E-state index contributed by atoms with van der Waals surface area (Å²) >= 11 is 5.41. The molecule has 0 aromatic rings. The Bertz CT molecular complexity index is 237. The van der Waals surface area contributed by atoms with Gasteiger partial charge in [-0.1, -0.05) is 18.6 Å². The van der Waals surface area contributed by atoms with Crippen LogP contribution in [-0.4, -0.2) is 18.3 Å². The number of amides is 1. The molecule has 0 radical (unpaired) electrons. The maximum atomic E-state index is 11.0. The molecule has 1 rings (SSSR count). The minimum absolute atomic E-state index is 0.0647. The molecule has 1 amide bonds. The average Bonchev–Trinajstić information content (AvgIpc) is 2.16. The van der Waals surface area contributed by atoms with Gasteiger partial charge in [-0.2, -0.15) is 0 Å². The van der Waals surface area contributed by atoms with Crippen LogP contribution < -0.4 is 5.32 Å². The third-order valence-corrected chi connectivity index (χ3v) is 3.13. The Morgan fingerprint density at radius 3 is 3.00 bits per heavy atom. The summed E-state index contributed by atoms with van der Waals surface area (Å²) in [5.74, 6) is 1.14. The van der Waals surface area contributed by atoms with Crippen LogP contribution in [0.5, 0.6) is 0 Å². The molecule has 0 aromatic carbocycles. The lowest BCUT2D eigenvalue weighted by atomic mass is 9.82. The molecule has 1 N–H and O–H groups in total. The summed E-state index contributed by atoms with van der Waals surface area (Å²) in [5, 5.41) is 2.85. The molecule has 1 aliphatic rings. The number of hydrogen-bond acceptors (Lipinski definition) is 1. The van der Waals surface area contributed by atoms with Crippen LogP contribution in [0.1, 0.15) is 26.7 Å². The molecule has 14 heavy (non-hydrogen) atoms. The molecule has 0 saturated carbocycles. The molecular formula is C11H18ClNO. The minimum atomic E-state index is -0.0647. The molecule has 2 nitrogen and oxygen atoms in total. The molecule has 0 aliphatic heterocycles. The number of carbonyl (C=O) groups excluding carboxylic acids is 1. The van der Waals surface area contributed by atoms with E-state index in [2.05, 4.69) is 25.2 Å². The smallest absolute Gasteiger partial charge is 0.234 e. The Labute approximate surface area is 90.7 Å². The fraction of sp³-hybridized carbons (Fsp3) is 0.727. The SMILES string of the molecule is CC1=CC(C)C(CNC(=O)CCl)CC1. The summed E-state index contributed by atoms with van der Waals surface area (Å²) in [7, 11) is 0. The predicted octanol–water partition coefficient (Wildman–Crippen LogP) is 2.33. The molecule has 80 valence electrons. The molecule has 0 bridgehead atoms. The predicted molar refractivity (Wildman–Crippen MR) is 59.4 cm³/mol. The van der Waals surface area contributed by atoms with E-state index in [4.69, 9.17) is 11.6 Å². The first-order valence-electron chi connectivity index (χ1n) is 5.13. The first-order chi connectivity index (χ1) is 6.63. The molecular weight excluding hydrogens is 198 g/mol. The molecule has 2 atom stereocenters. The number of halogens is 1. The van der Waals surface area contributed by atoms with E-state index in [1.807, 2.05) is 0 Å². The van der Waals surface area contributed by atoms with Gasteiger partial charge in [-0.15, -0.1) is 11.6 Å². The Hall–Kier alpha value is -0.500. The second-order valence-electron chi connectivity index (χ2n) is 4.11. The number of carbonyl (C=O) groups is 1. The Morgan fingerprint density at radius 1 is 1.71 bits per heavy atom. The van der Waals surface area contributed by atoms with Gasteiger partial charge in [0.05, 0.1) is 0 Å². The molecule has 0 aromatic heterocycles. The van der Waals surface area contributed by atoms with Crippen molar-refractivity contribution >= 4 is 17.5 Å². The van der Waals surface area contributed by atoms with E-state index < -0.39 is 0 Å². The third-order valence-electron chi connectivity index (χ3n) is 2.88. The highest BCUT2D eigenvalue weighted by Gasteiger charge is 2.19. The lowest BCUT2D eigenvalue weighted by molar-refractivity contribution is -0.118. The number of hydrogen-bond donors (Lipinski definition) is 1. The van der Waals surface area contributed by atoms with Crippen LogP contribution in [0.2, 0.25) is 0 Å². The van der Waals surface area contributed by atoms with Crippen LogP contribution >= 0.6 is 11.6 Å². The van der Waals surface area contributed by atoms with Crippen molar-refractivity contribution in [3.8, 4) is 0 Å². The zero-order valence-corrected chi connectivity index (χ0v) is 9.60. The number of rotatable bonds is 3. The maximum absolute atomic E-state index is 11.0. The summed E-state index contributed by atoms with van der Waals surface area (Å²) < 4.78 is 0. The van der Waals surface area contributed by atoms with Crippen LogP contribution in [0.3, 0.4) is 0 Å². The first kappa shape index (κ1) is 11.6. The summed E-state index contributed by atoms with van der Waals surface area (Å²) in [6.45, 7) is 5.14. The highest BCUT2D eigenvalue weighted by atomic mass is 35.5. The molecule has 0 heterocycles. The van der Waals surface area contributed by atoms with Crippen LogP contribution in [0.4, 0.5) is 0 Å². The van der Waals surface area contributed by atoms with Gasteiger partial charge in [0.15, 0.2) is 0 Å². The summed E-state index contributed by atoms with van der Waals surface area (Å²) in [6, 6.07) is 0. The minimum Gasteiger partial charge on any atom is -0.355 e. The quantitative estimate of drug-likeness (QED) is 0.568. The molecule has 0 spiro atoms. The summed E-state index contributed by atoms with van der Waals surface area (Å²) in [4.78, 5) is 11.0. The van der Waals surface area contributed by atoms with Crippen molar-refractivity contribution in [2.75, 3.05) is 12.4 Å². The zero-order chi connectivity index (χ0) is 10.6. The highest BCUT2D eigenvalue weighted by Crippen LogP contribution is 2.27. The van der Waals surface area contributed by atoms with E-state index in [1.165, 1.54) is 12.0 Å². The van der Waals surface area contributed by atoms with E-state index in [0.717, 1.165) is 13.0 Å². The third kappa shape index (κ3) is 3.33. The van der Waals surface area contributed by atoms with Gasteiger partial charge in [0, 0.05) is 6.54 Å². The molecule has 1 aliphatic carbocycles. The van der Waals surface area contributed by atoms with Crippen LogP contribution in [0.25, 0.3) is 0 Å². The van der Waals surface area contributed by atoms with Gasteiger partial charge in [0.1, 0.15) is 5.88 Å². The molecule has 3 heteroatoms. The fourth-order valence-electron chi connectivity index (χ4n) is 1.92. The second-order valence-corrected chi connectivity index (χ2v) is 4.38. The first-order valence-corrected chi connectivity index (χ1v) is 5.67. The van der Waals surface area contributed by atoms with Gasteiger partial charge in [-0.05, 0) is 31.6 Å². The van der Waals surface area contributed by atoms with E-state index >= 15 is 0 Å². The molecule has 2 unspecified atom stereocenters. The van der Waals surface area contributed by atoms with Crippen molar-refractivity contribution in [3.63, 3.8) is 0 Å². The van der Waals surface area contributed by atoms with E-state index in [1.54, 1.807) is 0 Å². The summed E-state index contributed by atoms with van der Waals surface area (Å²) in [5.41, 5.74) is 1.47. The molecule has 0 fully saturated rings. The van der Waals surface area contributed by atoms with Crippen molar-refractivity contribution in [2.24, 2.45) is 11.8 Å². The monoisotopic (exact) mass is 215 g/mol. The van der Waals surface area contributed by atoms with Crippen LogP contribution in [0, 0.1) is 11.8 Å². The topological polar surface area (TPSA) is 29.1 Å². The second kappa shape index (κ2) is 5.40. The van der Waals surface area contributed by atoms with E-state index in [9.17, 15) is 4.79 Å². The average molecular weight is 216 g/mol. The molecule has 0 saturated heterocycles. The van der Waals surface area contributed by atoms with Crippen molar-refractivity contribution in [1.82, 2.24) is 5.32 Å². The van der Waals surface area contributed by atoms with E-state index in [-0.39, 0.29) is 11.8 Å². The zero-order valence-electron chi connectivity index (χ0n) is 8.85. The largest absolute Gasteiger partial charge is 0.355 e. The van der Waals surface area contributed by atoms with Crippen molar-refractivity contribution < 1.29 is 4.79 Å². The number of alkyl halides is 1. The van der Waals surface area contributed by atoms with Crippen molar-refractivity contribution in [3.05, 3.63) is 11.6 Å². The Kier molecular flexibility index (Phi) is 4.46. The van der Waals surface area contributed by atoms with Crippen molar-refractivity contribution in [2.45, 2.75) is 26.7 Å². The normalized spacial score (nSPS) is 26.9. The van der Waals surface area contributed by atoms with Gasteiger partial charge in [0.25, 0.3) is 0 Å². The fourth-order valence-corrected chi connectivity index (χ4v) is 2.02. The van der Waals surface area contributed by atoms with Crippen LogP contribution in [0.15, 0.2) is 11.6 Å². The van der Waals surface area contributed by atoms with Gasteiger partial charge < -0.3 is 5.32 Å². The van der Waals surface area contributed by atoms with Gasteiger partial charge in [-0.25, -0.2) is 0 Å². The number of nitrogens with one attached hydrogen (secondary N) is 1. The number of allylic oxidation sites excluding steroid dienone is 2. The van der Waals surface area contributed by atoms with Gasteiger partial charge in [-0.3, -0.25) is 4.79 Å². The summed E-state index contributed by atoms with van der Waals surface area (Å²) in [6.07, 6.45) is 4.64. The van der Waals surface area contributed by atoms with Gasteiger partial charge in [0.2, 0.25) is 5.91 Å². The van der Waals surface area contributed by atoms with Crippen molar-refractivity contribution in [1.29, 1.82) is 0 Å². The van der Waals surface area contributed by atoms with E-state index in [0.29, 0.717) is 11.8 Å². The van der Waals surface area contributed by atoms with Gasteiger partial charge >= 0.3 is 0 Å². The van der Waals surface area contributed by atoms with Crippen LogP contribution in [-0.2, 0) is 4.79 Å². The lowest BCUT2D eigenvalue weighted by Gasteiger charge is -2.26. The maximum Gasteiger partial charge on any atom is 0.234 e.